The summed E-state index contributed by atoms with van der Waals surface area (Å²) in [4.78, 5) is 13.0. The maximum atomic E-state index is 10.6. The Morgan fingerprint density at radius 2 is 2.05 bits per heavy atom. The van der Waals surface area contributed by atoms with Gasteiger partial charge in [0, 0.05) is 19.0 Å². The molecular weight excluding hydrogens is 277 g/mol. The standard InChI is InChI=1S/C10H10N2O.C2HF3O2/c1-2-9-10(13-6-12-9)3-7(1)8-4-11-5-8;3-2(4,5)1(6)7/h1-3,6,8,11H,4-5H2;(H,6,7). The smallest absolute Gasteiger partial charge is 0.475 e. The molecule has 2 aromatic rings. The number of halogens is 3. The number of oxazole rings is 1. The summed E-state index contributed by atoms with van der Waals surface area (Å²) in [5.41, 5.74) is 3.18. The lowest BCUT2D eigenvalue weighted by Crippen LogP contribution is -2.39. The number of fused-ring (bicyclic) bond motifs is 1. The van der Waals surface area contributed by atoms with Crippen LogP contribution in [0.4, 0.5) is 13.2 Å². The van der Waals surface area contributed by atoms with Gasteiger partial charge in [0.15, 0.2) is 12.0 Å². The molecule has 1 fully saturated rings. The molecule has 1 aliphatic heterocycles. The van der Waals surface area contributed by atoms with Gasteiger partial charge in [-0.3, -0.25) is 0 Å². The summed E-state index contributed by atoms with van der Waals surface area (Å²) in [6.45, 7) is 2.17. The van der Waals surface area contributed by atoms with E-state index in [1.165, 1.54) is 12.0 Å². The molecule has 20 heavy (non-hydrogen) atoms. The van der Waals surface area contributed by atoms with Crippen LogP contribution in [0.25, 0.3) is 11.1 Å². The Balaban J connectivity index is 0.000000182. The highest BCUT2D eigenvalue weighted by molar-refractivity contribution is 5.73. The van der Waals surface area contributed by atoms with Gasteiger partial charge in [-0.1, -0.05) is 6.07 Å². The zero-order valence-electron chi connectivity index (χ0n) is 10.1. The van der Waals surface area contributed by atoms with Crippen molar-refractivity contribution in [2.24, 2.45) is 0 Å². The Morgan fingerprint density at radius 3 is 2.55 bits per heavy atom. The molecule has 0 bridgehead atoms. The van der Waals surface area contributed by atoms with Gasteiger partial charge in [-0.05, 0) is 17.7 Å². The first kappa shape index (κ1) is 14.3. The molecular formula is C12H11F3N2O3. The molecule has 1 aliphatic rings. The van der Waals surface area contributed by atoms with Crippen LogP contribution >= 0.6 is 0 Å². The second kappa shape index (κ2) is 5.49. The molecule has 0 aliphatic carbocycles. The fourth-order valence-corrected chi connectivity index (χ4v) is 1.65. The predicted octanol–water partition coefficient (Wildman–Crippen LogP) is 2.15. The number of hydrogen-bond acceptors (Lipinski definition) is 4. The van der Waals surface area contributed by atoms with E-state index in [0.717, 1.165) is 24.2 Å². The summed E-state index contributed by atoms with van der Waals surface area (Å²) < 4.78 is 37.0. The van der Waals surface area contributed by atoms with Crippen molar-refractivity contribution < 1.29 is 27.5 Å². The lowest BCUT2D eigenvalue weighted by atomic mass is 9.94. The SMILES string of the molecule is O=C(O)C(F)(F)F.c1nc2ccc(C3CNC3)cc2o1. The van der Waals surface area contributed by atoms with E-state index in [-0.39, 0.29) is 0 Å². The van der Waals surface area contributed by atoms with E-state index in [1.807, 2.05) is 6.07 Å². The van der Waals surface area contributed by atoms with E-state index in [0.29, 0.717) is 5.92 Å². The highest BCUT2D eigenvalue weighted by Gasteiger charge is 2.38. The fraction of sp³-hybridized carbons (Fsp3) is 0.333. The van der Waals surface area contributed by atoms with Crippen molar-refractivity contribution in [1.82, 2.24) is 10.3 Å². The summed E-state index contributed by atoms with van der Waals surface area (Å²) in [5, 5.41) is 10.4. The van der Waals surface area contributed by atoms with Crippen LogP contribution in [0.15, 0.2) is 29.0 Å². The average molecular weight is 288 g/mol. The van der Waals surface area contributed by atoms with Gasteiger partial charge in [0.2, 0.25) is 0 Å². The first-order chi connectivity index (χ1) is 9.38. The van der Waals surface area contributed by atoms with Crippen molar-refractivity contribution in [2.45, 2.75) is 12.1 Å². The fourth-order valence-electron chi connectivity index (χ4n) is 1.65. The third-order valence-electron chi connectivity index (χ3n) is 2.85. The van der Waals surface area contributed by atoms with E-state index in [1.54, 1.807) is 0 Å². The minimum absolute atomic E-state index is 0.662. The van der Waals surface area contributed by atoms with E-state index in [2.05, 4.69) is 22.4 Å². The monoisotopic (exact) mass is 288 g/mol. The van der Waals surface area contributed by atoms with Crippen LogP contribution in [0.5, 0.6) is 0 Å². The largest absolute Gasteiger partial charge is 0.490 e. The second-order valence-corrected chi connectivity index (χ2v) is 4.24. The summed E-state index contributed by atoms with van der Waals surface area (Å²) in [6, 6.07) is 6.25. The van der Waals surface area contributed by atoms with Crippen molar-refractivity contribution in [3.63, 3.8) is 0 Å². The predicted molar refractivity (Wildman–Crippen MR) is 63.3 cm³/mol. The topological polar surface area (TPSA) is 75.4 Å². The molecule has 0 unspecified atom stereocenters. The highest BCUT2D eigenvalue weighted by Crippen LogP contribution is 2.23. The van der Waals surface area contributed by atoms with Crippen molar-refractivity contribution in [2.75, 3.05) is 13.1 Å². The number of nitrogens with one attached hydrogen (secondary N) is 1. The number of rotatable bonds is 1. The van der Waals surface area contributed by atoms with E-state index in [9.17, 15) is 13.2 Å². The van der Waals surface area contributed by atoms with Gasteiger partial charge in [0.05, 0.1) is 0 Å². The van der Waals surface area contributed by atoms with Crippen LogP contribution in [-0.4, -0.2) is 35.3 Å². The van der Waals surface area contributed by atoms with Crippen LogP contribution < -0.4 is 5.32 Å². The average Bonchev–Trinajstić information content (AvgIpc) is 2.73. The summed E-state index contributed by atoms with van der Waals surface area (Å²) in [6.07, 6.45) is -3.59. The number of aromatic nitrogens is 1. The number of carboxylic acid groups (broad SMARTS) is 1. The molecule has 8 heteroatoms. The number of aliphatic carboxylic acids is 1. The molecule has 1 aromatic heterocycles. The molecule has 5 nitrogen and oxygen atoms in total. The summed E-state index contributed by atoms with van der Waals surface area (Å²) >= 11 is 0. The lowest BCUT2D eigenvalue weighted by molar-refractivity contribution is -0.192. The van der Waals surface area contributed by atoms with Crippen molar-refractivity contribution in [3.8, 4) is 0 Å². The Kier molecular flexibility index (Phi) is 3.93. The van der Waals surface area contributed by atoms with Gasteiger partial charge in [-0.25, -0.2) is 9.78 Å². The third-order valence-corrected chi connectivity index (χ3v) is 2.85. The van der Waals surface area contributed by atoms with Crippen LogP contribution in [0, 0.1) is 0 Å². The first-order valence-corrected chi connectivity index (χ1v) is 5.72. The van der Waals surface area contributed by atoms with Gasteiger partial charge in [-0.2, -0.15) is 13.2 Å². The van der Waals surface area contributed by atoms with Crippen molar-refractivity contribution >= 4 is 17.1 Å². The number of carboxylic acids is 1. The zero-order chi connectivity index (χ0) is 14.8. The molecule has 2 N–H and O–H groups in total. The van der Waals surface area contributed by atoms with Gasteiger partial charge >= 0.3 is 12.1 Å². The number of nitrogens with zero attached hydrogens (tertiary/aromatic N) is 1. The Hall–Kier alpha value is -2.09. The number of alkyl halides is 3. The molecule has 0 saturated carbocycles. The maximum absolute atomic E-state index is 10.6. The quantitative estimate of drug-likeness (QED) is 0.841. The molecule has 1 aromatic carbocycles. The van der Waals surface area contributed by atoms with Crippen molar-refractivity contribution in [1.29, 1.82) is 0 Å². The summed E-state index contributed by atoms with van der Waals surface area (Å²) in [5.74, 6) is -2.10. The van der Waals surface area contributed by atoms with Crippen LogP contribution in [-0.2, 0) is 4.79 Å². The molecule has 3 rings (SSSR count). The normalized spacial score (nSPS) is 15.3. The van der Waals surface area contributed by atoms with E-state index >= 15 is 0 Å². The molecule has 2 heterocycles. The third kappa shape index (κ3) is 3.27. The van der Waals surface area contributed by atoms with Crippen LogP contribution in [0.2, 0.25) is 0 Å². The first-order valence-electron chi connectivity index (χ1n) is 5.72. The molecule has 1 saturated heterocycles. The van der Waals surface area contributed by atoms with Gasteiger partial charge in [-0.15, -0.1) is 0 Å². The van der Waals surface area contributed by atoms with Crippen LogP contribution in [0.3, 0.4) is 0 Å². The molecule has 108 valence electrons. The number of benzene rings is 1. The Bertz CT molecular complexity index is 605. The van der Waals surface area contributed by atoms with E-state index in [4.69, 9.17) is 14.3 Å². The molecule has 0 amide bonds. The lowest BCUT2D eigenvalue weighted by Gasteiger charge is -2.27. The molecule has 0 radical (unpaired) electrons. The Labute approximate surface area is 111 Å². The van der Waals surface area contributed by atoms with E-state index < -0.39 is 12.1 Å². The molecule has 0 atom stereocenters. The summed E-state index contributed by atoms with van der Waals surface area (Å²) in [7, 11) is 0. The second-order valence-electron chi connectivity index (χ2n) is 4.24. The zero-order valence-corrected chi connectivity index (χ0v) is 10.1. The molecule has 0 spiro atoms. The Morgan fingerprint density at radius 1 is 1.40 bits per heavy atom. The minimum atomic E-state index is -5.08. The maximum Gasteiger partial charge on any atom is 0.490 e. The van der Waals surface area contributed by atoms with Gasteiger partial charge < -0.3 is 14.8 Å². The minimum Gasteiger partial charge on any atom is -0.475 e. The number of carbonyl (C=O) groups is 1. The van der Waals surface area contributed by atoms with Crippen LogP contribution in [0.1, 0.15) is 11.5 Å². The van der Waals surface area contributed by atoms with Gasteiger partial charge in [0.1, 0.15) is 5.52 Å². The number of hydrogen-bond donors (Lipinski definition) is 2. The van der Waals surface area contributed by atoms with Crippen molar-refractivity contribution in [3.05, 3.63) is 30.2 Å². The highest BCUT2D eigenvalue weighted by atomic mass is 19.4. The van der Waals surface area contributed by atoms with Gasteiger partial charge in [0.25, 0.3) is 0 Å².